The zero-order valence-corrected chi connectivity index (χ0v) is 13.5. The number of nitrogens with zero attached hydrogens (tertiary/aromatic N) is 2. The molecule has 2 atom stereocenters. The predicted octanol–water partition coefficient (Wildman–Crippen LogP) is 2.57. The Balaban J connectivity index is 2.89. The first-order valence-corrected chi connectivity index (χ1v) is 7.22. The van der Waals surface area contributed by atoms with Gasteiger partial charge < -0.3 is 10.5 Å². The summed E-state index contributed by atoms with van der Waals surface area (Å²) in [7, 11) is 1.95. The van der Waals surface area contributed by atoms with Crippen LogP contribution in [0.2, 0.25) is 0 Å². The molecule has 5 heteroatoms. The van der Waals surface area contributed by atoms with Crippen molar-refractivity contribution in [2.75, 3.05) is 6.61 Å². The Labute approximate surface area is 118 Å². The van der Waals surface area contributed by atoms with Crippen LogP contribution in [0.1, 0.15) is 38.6 Å². The zero-order chi connectivity index (χ0) is 13.9. The Hall–Kier alpha value is -0.390. The van der Waals surface area contributed by atoms with E-state index in [9.17, 15) is 0 Å². The molecule has 0 aliphatic carbocycles. The van der Waals surface area contributed by atoms with Gasteiger partial charge in [-0.1, -0.05) is 6.92 Å². The van der Waals surface area contributed by atoms with Crippen molar-refractivity contribution in [3.63, 3.8) is 0 Å². The van der Waals surface area contributed by atoms with Crippen LogP contribution in [-0.4, -0.2) is 28.0 Å². The van der Waals surface area contributed by atoms with Crippen molar-refractivity contribution in [1.29, 1.82) is 0 Å². The van der Waals surface area contributed by atoms with E-state index in [1.165, 1.54) is 0 Å². The third kappa shape index (κ3) is 3.13. The van der Waals surface area contributed by atoms with Crippen LogP contribution < -0.4 is 5.73 Å². The van der Waals surface area contributed by atoms with E-state index in [2.05, 4.69) is 34.9 Å². The molecule has 2 N–H and O–H groups in total. The molecule has 1 aromatic rings. The van der Waals surface area contributed by atoms with Crippen molar-refractivity contribution in [2.45, 2.75) is 52.2 Å². The lowest BCUT2D eigenvalue weighted by molar-refractivity contribution is -0.0464. The normalized spacial score (nSPS) is 16.6. The third-order valence-electron chi connectivity index (χ3n) is 3.64. The number of nitrogens with two attached hydrogens (primary N) is 1. The Morgan fingerprint density at radius 3 is 2.50 bits per heavy atom. The Morgan fingerprint density at radius 1 is 1.50 bits per heavy atom. The zero-order valence-electron chi connectivity index (χ0n) is 12.0. The molecule has 0 saturated heterocycles. The first-order valence-electron chi connectivity index (χ1n) is 6.43. The number of hydrogen-bond acceptors (Lipinski definition) is 3. The van der Waals surface area contributed by atoms with Gasteiger partial charge in [-0.15, -0.1) is 0 Å². The summed E-state index contributed by atoms with van der Waals surface area (Å²) >= 11 is 3.58. The lowest BCUT2D eigenvalue weighted by atomic mass is 9.90. The second kappa shape index (κ2) is 6.17. The lowest BCUT2D eigenvalue weighted by Crippen LogP contribution is -2.49. The topological polar surface area (TPSA) is 53.1 Å². The van der Waals surface area contributed by atoms with Gasteiger partial charge in [0.15, 0.2) is 0 Å². The van der Waals surface area contributed by atoms with Gasteiger partial charge in [-0.3, -0.25) is 4.68 Å². The Kier molecular flexibility index (Phi) is 5.37. The molecule has 0 aromatic carbocycles. The molecule has 0 fully saturated rings. The molecule has 18 heavy (non-hydrogen) atoms. The summed E-state index contributed by atoms with van der Waals surface area (Å²) in [5.74, 6) is 0. The largest absolute Gasteiger partial charge is 0.374 e. The monoisotopic (exact) mass is 317 g/mol. The third-order valence-corrected chi connectivity index (χ3v) is 4.67. The van der Waals surface area contributed by atoms with Crippen LogP contribution in [-0.2, 0) is 18.2 Å². The Bertz CT molecular complexity index is 405. The van der Waals surface area contributed by atoms with E-state index < -0.39 is 0 Å². The summed E-state index contributed by atoms with van der Waals surface area (Å²) < 4.78 is 8.77. The molecule has 0 radical (unpaired) electrons. The number of aryl methyl sites for hydroxylation is 2. The molecular formula is C13H24BrN3O. The van der Waals surface area contributed by atoms with E-state index in [0.29, 0.717) is 6.61 Å². The van der Waals surface area contributed by atoms with E-state index >= 15 is 0 Å². The molecule has 0 aliphatic heterocycles. The van der Waals surface area contributed by atoms with Crippen molar-refractivity contribution in [1.82, 2.24) is 9.78 Å². The van der Waals surface area contributed by atoms with Crippen LogP contribution in [0, 0.1) is 6.92 Å². The highest BCUT2D eigenvalue weighted by Crippen LogP contribution is 2.26. The van der Waals surface area contributed by atoms with Gasteiger partial charge in [0, 0.05) is 26.1 Å². The van der Waals surface area contributed by atoms with E-state index in [1.807, 2.05) is 25.6 Å². The maximum Gasteiger partial charge on any atom is 0.0805 e. The molecule has 1 aromatic heterocycles. The summed E-state index contributed by atoms with van der Waals surface area (Å²) in [5, 5.41) is 4.39. The molecule has 0 amide bonds. The summed E-state index contributed by atoms with van der Waals surface area (Å²) in [6, 6.07) is -0.0476. The molecule has 0 saturated carbocycles. The van der Waals surface area contributed by atoms with Gasteiger partial charge in [0.25, 0.3) is 0 Å². The maximum atomic E-state index is 6.34. The van der Waals surface area contributed by atoms with E-state index in [0.717, 1.165) is 28.7 Å². The van der Waals surface area contributed by atoms with Gasteiger partial charge in [0.05, 0.1) is 21.5 Å². The van der Waals surface area contributed by atoms with Gasteiger partial charge in [-0.2, -0.15) is 5.10 Å². The summed E-state index contributed by atoms with van der Waals surface area (Å²) in [4.78, 5) is 0. The van der Waals surface area contributed by atoms with E-state index in [1.54, 1.807) is 0 Å². The summed E-state index contributed by atoms with van der Waals surface area (Å²) in [5.41, 5.74) is 8.17. The number of halogens is 1. The molecule has 104 valence electrons. The van der Waals surface area contributed by atoms with Gasteiger partial charge in [-0.05, 0) is 43.1 Å². The molecular weight excluding hydrogens is 294 g/mol. The summed E-state index contributed by atoms with van der Waals surface area (Å²) in [6.07, 6.45) is 1.65. The highest BCUT2D eigenvalue weighted by Gasteiger charge is 2.31. The highest BCUT2D eigenvalue weighted by atomic mass is 79.9. The molecule has 0 spiro atoms. The van der Waals surface area contributed by atoms with Gasteiger partial charge in [0.2, 0.25) is 0 Å². The molecule has 2 unspecified atom stereocenters. The highest BCUT2D eigenvalue weighted by molar-refractivity contribution is 9.10. The minimum absolute atomic E-state index is 0.0476. The SMILES string of the molecule is CCOC(C)(CC)C(N)Cc1c(Br)c(C)nn1C. The average Bonchev–Trinajstić information content (AvgIpc) is 2.56. The number of aromatic nitrogens is 2. The summed E-state index contributed by atoms with van der Waals surface area (Å²) in [6.45, 7) is 8.87. The number of ether oxygens (including phenoxy) is 1. The Morgan fingerprint density at radius 2 is 2.11 bits per heavy atom. The van der Waals surface area contributed by atoms with E-state index in [-0.39, 0.29) is 11.6 Å². The predicted molar refractivity (Wildman–Crippen MR) is 77.6 cm³/mol. The van der Waals surface area contributed by atoms with Crippen molar-refractivity contribution in [2.24, 2.45) is 12.8 Å². The quantitative estimate of drug-likeness (QED) is 0.877. The van der Waals surface area contributed by atoms with Crippen LogP contribution in [0.3, 0.4) is 0 Å². The fraction of sp³-hybridized carbons (Fsp3) is 0.769. The second-order valence-electron chi connectivity index (χ2n) is 4.88. The van der Waals surface area contributed by atoms with Gasteiger partial charge in [0.1, 0.15) is 0 Å². The van der Waals surface area contributed by atoms with Gasteiger partial charge in [-0.25, -0.2) is 0 Å². The molecule has 4 nitrogen and oxygen atoms in total. The second-order valence-corrected chi connectivity index (χ2v) is 5.67. The molecule has 0 bridgehead atoms. The van der Waals surface area contributed by atoms with Crippen molar-refractivity contribution >= 4 is 15.9 Å². The maximum absolute atomic E-state index is 6.34. The smallest absolute Gasteiger partial charge is 0.0805 e. The van der Waals surface area contributed by atoms with Crippen LogP contribution in [0.4, 0.5) is 0 Å². The molecule has 1 rings (SSSR count). The van der Waals surface area contributed by atoms with Crippen LogP contribution in [0.15, 0.2) is 4.47 Å². The van der Waals surface area contributed by atoms with Crippen molar-refractivity contribution in [3.8, 4) is 0 Å². The lowest BCUT2D eigenvalue weighted by Gasteiger charge is -2.34. The fourth-order valence-electron chi connectivity index (χ4n) is 2.13. The van der Waals surface area contributed by atoms with Gasteiger partial charge >= 0.3 is 0 Å². The standard InChI is InChI=1S/C13H24BrN3O/c1-6-13(4,18-7-2)11(15)8-10-12(14)9(3)16-17(10)5/h11H,6-8,15H2,1-5H3. The number of hydrogen-bond donors (Lipinski definition) is 1. The van der Waals surface area contributed by atoms with E-state index in [4.69, 9.17) is 10.5 Å². The molecule has 1 heterocycles. The van der Waals surface area contributed by atoms with Crippen molar-refractivity contribution < 1.29 is 4.74 Å². The minimum Gasteiger partial charge on any atom is -0.374 e. The number of rotatable bonds is 6. The fourth-order valence-corrected chi connectivity index (χ4v) is 2.62. The first kappa shape index (κ1) is 15.7. The van der Waals surface area contributed by atoms with Crippen LogP contribution in [0.5, 0.6) is 0 Å². The first-order chi connectivity index (χ1) is 8.35. The molecule has 0 aliphatic rings. The van der Waals surface area contributed by atoms with Crippen LogP contribution >= 0.6 is 15.9 Å². The average molecular weight is 318 g/mol. The minimum atomic E-state index is -0.285. The van der Waals surface area contributed by atoms with Crippen LogP contribution in [0.25, 0.3) is 0 Å². The van der Waals surface area contributed by atoms with Crippen molar-refractivity contribution in [3.05, 3.63) is 15.9 Å².